The fourth-order valence-electron chi connectivity index (χ4n) is 3.57. The van der Waals surface area contributed by atoms with Crippen LogP contribution in [0.5, 0.6) is 0 Å². The average molecular weight is 209 g/mol. The smallest absolute Gasteiger partial charge is 0.0147 e. The first-order valence-corrected chi connectivity index (χ1v) is 6.85. The third-order valence-corrected chi connectivity index (χ3v) is 4.34. The van der Waals surface area contributed by atoms with Crippen LogP contribution in [0.1, 0.15) is 65.7 Å². The molecule has 1 aliphatic heterocycles. The van der Waals surface area contributed by atoms with Crippen LogP contribution >= 0.6 is 0 Å². The molecule has 0 N–H and O–H groups in total. The van der Waals surface area contributed by atoms with Gasteiger partial charge in [-0.1, -0.05) is 40.0 Å². The molecule has 1 atom stereocenters. The molecule has 1 aliphatic carbocycles. The van der Waals surface area contributed by atoms with E-state index in [-0.39, 0.29) is 0 Å². The van der Waals surface area contributed by atoms with Gasteiger partial charge in [-0.3, -0.25) is 4.90 Å². The van der Waals surface area contributed by atoms with E-state index in [0.29, 0.717) is 5.41 Å². The minimum Gasteiger partial charge on any atom is -0.297 e. The maximum atomic E-state index is 2.85. The van der Waals surface area contributed by atoms with Gasteiger partial charge in [-0.2, -0.15) is 0 Å². The van der Waals surface area contributed by atoms with Gasteiger partial charge in [0.05, 0.1) is 0 Å². The monoisotopic (exact) mass is 209 g/mol. The molecule has 1 heteroatoms. The third-order valence-electron chi connectivity index (χ3n) is 4.34. The number of rotatable bonds is 1. The Kier molecular flexibility index (Phi) is 3.39. The lowest BCUT2D eigenvalue weighted by molar-refractivity contribution is 0.0770. The summed E-state index contributed by atoms with van der Waals surface area (Å²) in [6, 6.07) is 1.77. The van der Waals surface area contributed by atoms with Crippen molar-refractivity contribution in [3.05, 3.63) is 0 Å². The van der Waals surface area contributed by atoms with Gasteiger partial charge in [0.1, 0.15) is 0 Å². The summed E-state index contributed by atoms with van der Waals surface area (Å²) in [5, 5.41) is 0. The molecule has 0 aromatic carbocycles. The van der Waals surface area contributed by atoms with Crippen molar-refractivity contribution < 1.29 is 0 Å². The molecule has 2 rings (SSSR count). The lowest BCUT2D eigenvalue weighted by atomic mass is 9.83. The maximum absolute atomic E-state index is 2.85. The van der Waals surface area contributed by atoms with Crippen LogP contribution in [0.2, 0.25) is 0 Å². The van der Waals surface area contributed by atoms with Gasteiger partial charge in [0, 0.05) is 12.1 Å². The first-order chi connectivity index (χ1) is 7.09. The Morgan fingerprint density at radius 2 is 1.53 bits per heavy atom. The SMILES string of the molecule is CC(C)(C)[C@@H]1CCCN1C1CCCCC1. The zero-order chi connectivity index (χ0) is 10.9. The van der Waals surface area contributed by atoms with Crippen molar-refractivity contribution in [2.24, 2.45) is 5.41 Å². The van der Waals surface area contributed by atoms with Gasteiger partial charge in [0.25, 0.3) is 0 Å². The summed E-state index contributed by atoms with van der Waals surface area (Å²) in [5.74, 6) is 0. The maximum Gasteiger partial charge on any atom is 0.0147 e. The second-order valence-corrected chi connectivity index (χ2v) is 6.55. The number of hydrogen-bond acceptors (Lipinski definition) is 1. The Morgan fingerprint density at radius 1 is 0.867 bits per heavy atom. The van der Waals surface area contributed by atoms with E-state index < -0.39 is 0 Å². The van der Waals surface area contributed by atoms with E-state index in [1.165, 1.54) is 51.5 Å². The van der Waals surface area contributed by atoms with Crippen molar-refractivity contribution in [1.29, 1.82) is 0 Å². The average Bonchev–Trinajstić information content (AvgIpc) is 2.67. The first-order valence-electron chi connectivity index (χ1n) is 6.85. The van der Waals surface area contributed by atoms with Crippen molar-refractivity contribution in [3.8, 4) is 0 Å². The van der Waals surface area contributed by atoms with Gasteiger partial charge < -0.3 is 0 Å². The summed E-state index contributed by atoms with van der Waals surface area (Å²) in [7, 11) is 0. The zero-order valence-corrected chi connectivity index (χ0v) is 10.8. The fourth-order valence-corrected chi connectivity index (χ4v) is 3.57. The summed E-state index contributed by atoms with van der Waals surface area (Å²) >= 11 is 0. The van der Waals surface area contributed by atoms with Crippen LogP contribution in [-0.2, 0) is 0 Å². The number of likely N-dealkylation sites (tertiary alicyclic amines) is 1. The molecule has 0 radical (unpaired) electrons. The van der Waals surface area contributed by atoms with Crippen LogP contribution in [0.25, 0.3) is 0 Å². The van der Waals surface area contributed by atoms with E-state index in [9.17, 15) is 0 Å². The van der Waals surface area contributed by atoms with Crippen LogP contribution in [0.3, 0.4) is 0 Å². The molecular weight excluding hydrogens is 182 g/mol. The second kappa shape index (κ2) is 4.45. The van der Waals surface area contributed by atoms with Crippen LogP contribution in [0, 0.1) is 5.41 Å². The van der Waals surface area contributed by atoms with Crippen molar-refractivity contribution in [2.45, 2.75) is 77.8 Å². The molecule has 1 saturated heterocycles. The molecule has 0 bridgehead atoms. The van der Waals surface area contributed by atoms with Crippen LogP contribution in [-0.4, -0.2) is 23.5 Å². The van der Waals surface area contributed by atoms with Crippen LogP contribution < -0.4 is 0 Å². The molecular formula is C14H27N. The highest BCUT2D eigenvalue weighted by Crippen LogP contribution is 2.37. The van der Waals surface area contributed by atoms with Gasteiger partial charge in [-0.05, 0) is 37.6 Å². The van der Waals surface area contributed by atoms with E-state index in [0.717, 1.165) is 12.1 Å². The lowest BCUT2D eigenvalue weighted by Gasteiger charge is -2.41. The Morgan fingerprint density at radius 3 is 2.13 bits per heavy atom. The van der Waals surface area contributed by atoms with E-state index in [4.69, 9.17) is 0 Å². The van der Waals surface area contributed by atoms with E-state index >= 15 is 0 Å². The van der Waals surface area contributed by atoms with Gasteiger partial charge >= 0.3 is 0 Å². The van der Waals surface area contributed by atoms with Crippen molar-refractivity contribution in [1.82, 2.24) is 4.90 Å². The number of hydrogen-bond donors (Lipinski definition) is 0. The van der Waals surface area contributed by atoms with Gasteiger partial charge in [0.2, 0.25) is 0 Å². The molecule has 0 spiro atoms. The van der Waals surface area contributed by atoms with Crippen molar-refractivity contribution in [3.63, 3.8) is 0 Å². The standard InChI is InChI=1S/C14H27N/c1-14(2,3)13-10-7-11-15(13)12-8-5-4-6-9-12/h12-13H,4-11H2,1-3H3/t13-/m0/s1. The largest absolute Gasteiger partial charge is 0.297 e. The predicted molar refractivity (Wildman–Crippen MR) is 66.1 cm³/mol. The third kappa shape index (κ3) is 2.55. The van der Waals surface area contributed by atoms with Crippen molar-refractivity contribution >= 4 is 0 Å². The molecule has 0 amide bonds. The molecule has 1 saturated carbocycles. The topological polar surface area (TPSA) is 3.24 Å². The first kappa shape index (κ1) is 11.4. The lowest BCUT2D eigenvalue weighted by Crippen LogP contribution is -2.46. The van der Waals surface area contributed by atoms with Crippen LogP contribution in [0.4, 0.5) is 0 Å². The molecule has 1 heterocycles. The quantitative estimate of drug-likeness (QED) is 0.634. The Balaban J connectivity index is 2.00. The summed E-state index contributed by atoms with van der Waals surface area (Å²) in [5.41, 5.74) is 0.480. The summed E-state index contributed by atoms with van der Waals surface area (Å²) in [6.07, 6.45) is 10.2. The minimum absolute atomic E-state index is 0.480. The van der Waals surface area contributed by atoms with E-state index in [2.05, 4.69) is 25.7 Å². The van der Waals surface area contributed by atoms with E-state index in [1.54, 1.807) is 0 Å². The summed E-state index contributed by atoms with van der Waals surface area (Å²) in [4.78, 5) is 2.85. The molecule has 0 unspecified atom stereocenters. The molecule has 2 fully saturated rings. The molecule has 15 heavy (non-hydrogen) atoms. The molecule has 1 nitrogen and oxygen atoms in total. The van der Waals surface area contributed by atoms with Crippen molar-refractivity contribution in [2.75, 3.05) is 6.54 Å². The highest BCUT2D eigenvalue weighted by Gasteiger charge is 2.37. The Bertz CT molecular complexity index is 198. The molecule has 0 aromatic heterocycles. The summed E-state index contributed by atoms with van der Waals surface area (Å²) in [6.45, 7) is 8.61. The highest BCUT2D eigenvalue weighted by atomic mass is 15.2. The number of nitrogens with zero attached hydrogens (tertiary/aromatic N) is 1. The molecule has 88 valence electrons. The second-order valence-electron chi connectivity index (χ2n) is 6.55. The van der Waals surface area contributed by atoms with Gasteiger partial charge in [0.15, 0.2) is 0 Å². The highest BCUT2D eigenvalue weighted by molar-refractivity contribution is 4.92. The molecule has 2 aliphatic rings. The Labute approximate surface area is 95.2 Å². The van der Waals surface area contributed by atoms with Gasteiger partial charge in [-0.15, -0.1) is 0 Å². The zero-order valence-electron chi connectivity index (χ0n) is 10.8. The fraction of sp³-hybridized carbons (Fsp3) is 1.00. The molecule has 0 aromatic rings. The summed E-state index contributed by atoms with van der Waals surface area (Å²) < 4.78 is 0. The predicted octanol–water partition coefficient (Wildman–Crippen LogP) is 3.83. The minimum atomic E-state index is 0.480. The normalized spacial score (nSPS) is 31.0. The Hall–Kier alpha value is -0.0400. The van der Waals surface area contributed by atoms with Gasteiger partial charge in [-0.25, -0.2) is 0 Å². The van der Waals surface area contributed by atoms with Crippen LogP contribution in [0.15, 0.2) is 0 Å². The van der Waals surface area contributed by atoms with E-state index in [1.807, 2.05) is 0 Å².